The van der Waals surface area contributed by atoms with Crippen LogP contribution in [0.25, 0.3) is 33.8 Å². The van der Waals surface area contributed by atoms with Gasteiger partial charge < -0.3 is 51.6 Å². The molecule has 34 heteroatoms. The van der Waals surface area contributed by atoms with Gasteiger partial charge >= 0.3 is 115 Å². The molecule has 2 aliphatic heterocycles. The minimum atomic E-state index is -5.08. The molecule has 460 valence electrons. The van der Waals surface area contributed by atoms with Crippen molar-refractivity contribution in [2.24, 2.45) is 11.8 Å². The molecule has 8 rings (SSSR count). The van der Waals surface area contributed by atoms with Crippen molar-refractivity contribution in [2.75, 3.05) is 52.6 Å². The van der Waals surface area contributed by atoms with E-state index < -0.39 is 31.2 Å². The van der Waals surface area contributed by atoms with Gasteiger partial charge in [-0.15, -0.1) is 10.2 Å². The number of ether oxygens (including phenoxy) is 2. The number of hydrogen-bond acceptors (Lipinski definition) is 20. The standard InChI is InChI=1S/C23H31N5O5S.C17H19ClN4O4S.C6H13NO.C2HF3O2.C2H3N.CH2O3.2K.H/c1-4-7-20-24-15(3)21-23(30)25-22(26-28(20)21)18-12-17(9-10-19(18)33-5-2)34(31,32)27-13-16(14-27)8-6-11-29;1-4-6-14-19-10(3)15-17(23)20-16(21-22(14)15)12-9-11(27(18,24)25)7-8-13(12)26-5-2;8-3-1-2-6-4-7-5-6;3-2(4,5)1(6)7;1-2-3;2-1-4-3;;;/h9-10,12,16,29H,4-8,11,13-14H2,1-3H3,(H,25,26,30);7-9H,4-6H2,1-3H3,(H,20,21,23);6-8H,1-5H2;(H,6,7);1H3;1,3H;;;/q;;;;;;2*+1;-1/p-1. The maximum atomic E-state index is 13.2. The van der Waals surface area contributed by atoms with Crippen LogP contribution in [-0.4, -0.2) is 147 Å². The number of sulfonamides is 1. The van der Waals surface area contributed by atoms with Crippen LogP contribution in [0.15, 0.2) is 55.8 Å². The number of aryl methyl sites for hydroxylation is 4. The number of aliphatic carboxylic acids is 1. The third kappa shape index (κ3) is 23.3. The number of carbonyl (C=O) groups is 2. The van der Waals surface area contributed by atoms with Crippen molar-refractivity contribution in [1.82, 2.24) is 48.8 Å². The Morgan fingerprint density at radius 1 is 0.812 bits per heavy atom. The van der Waals surface area contributed by atoms with Gasteiger partial charge in [-0.2, -0.15) is 22.7 Å². The molecule has 0 bridgehead atoms. The summed E-state index contributed by atoms with van der Waals surface area (Å²) in [7, 11) is -2.20. The number of carboxylic acid groups (broad SMARTS) is 1. The number of carbonyl (C=O) groups excluding carboxylic acids is 1. The number of nitriles is 1. The summed E-state index contributed by atoms with van der Waals surface area (Å²) in [5.74, 6) is 0.918. The first-order valence-electron chi connectivity index (χ1n) is 26.0. The van der Waals surface area contributed by atoms with Crippen molar-refractivity contribution >= 4 is 53.2 Å². The second kappa shape index (κ2) is 38.6. The second-order valence-electron chi connectivity index (χ2n) is 18.1. The summed E-state index contributed by atoms with van der Waals surface area (Å²) in [6.45, 7) is 16.8. The van der Waals surface area contributed by atoms with Gasteiger partial charge in [0.05, 0.1) is 51.6 Å². The Morgan fingerprint density at radius 2 is 1.20 bits per heavy atom. The van der Waals surface area contributed by atoms with Gasteiger partial charge in [0.25, 0.3) is 26.6 Å². The fourth-order valence-corrected chi connectivity index (χ4v) is 10.5. The van der Waals surface area contributed by atoms with Crippen molar-refractivity contribution in [3.05, 3.63) is 80.1 Å². The van der Waals surface area contributed by atoms with Crippen molar-refractivity contribution < 1.29 is 179 Å². The predicted molar refractivity (Wildman–Crippen MR) is 295 cm³/mol. The van der Waals surface area contributed by atoms with E-state index in [2.05, 4.69) is 40.3 Å². The van der Waals surface area contributed by atoms with Gasteiger partial charge in [0, 0.05) is 56.8 Å². The zero-order valence-corrected chi connectivity index (χ0v) is 57.3. The number of aromatic amines is 2. The maximum Gasteiger partial charge on any atom is 1.00 e. The number of nitrogens with zero attached hydrogens (tertiary/aromatic N) is 8. The maximum absolute atomic E-state index is 13.2. The van der Waals surface area contributed by atoms with Gasteiger partial charge in [-0.25, -0.2) is 40.6 Å². The number of aromatic nitrogens is 8. The Hall–Kier alpha value is -3.78. The fourth-order valence-electron chi connectivity index (χ4n) is 8.11. The Bertz CT molecular complexity index is 3510. The van der Waals surface area contributed by atoms with E-state index >= 15 is 0 Å². The first-order chi connectivity index (χ1) is 39.3. The van der Waals surface area contributed by atoms with Gasteiger partial charge in [-0.05, 0) is 128 Å². The molecular weight excluding hydrogens is 1240 g/mol. The number of fused-ring (bicyclic) bond motifs is 2. The molecule has 2 fully saturated rings. The minimum Gasteiger partial charge on any atom is -1.00 e. The van der Waals surface area contributed by atoms with Crippen LogP contribution >= 0.6 is 10.7 Å². The van der Waals surface area contributed by atoms with Gasteiger partial charge in [0.2, 0.25) is 10.0 Å². The van der Waals surface area contributed by atoms with Crippen molar-refractivity contribution in [3.63, 3.8) is 0 Å². The molecule has 0 saturated carbocycles. The largest absolute Gasteiger partial charge is 1.00 e. The van der Waals surface area contributed by atoms with E-state index in [0.29, 0.717) is 109 Å². The normalized spacial score (nSPS) is 13.0. The monoisotopic (exact) mass is 1310 g/mol. The number of hydrogen-bond donors (Lipinski definition) is 6. The van der Waals surface area contributed by atoms with Gasteiger partial charge in [-0.3, -0.25) is 14.4 Å². The summed E-state index contributed by atoms with van der Waals surface area (Å²) in [5.41, 5.74) is 1.93. The SMILES string of the molecule is CC#N.CCCc1nc(C)c2c(=O)[nH]c(-c3cc(S(=O)(=O)Cl)ccc3OCC)nn12.CCCc1nc(C)c2c(=O)[nH]c(-c3cc(S(=O)(=O)N4CC(CCCO)C4)ccc3OCC)nn12.O=C(O)C(F)(F)F.O=CO[O-].OCCCC1CNC1.[H-].[K+].[K+]. The van der Waals surface area contributed by atoms with Crippen LogP contribution < -0.4 is 134 Å². The van der Waals surface area contributed by atoms with E-state index in [1.807, 2.05) is 20.8 Å². The quantitative estimate of drug-likeness (QED) is 0.0167. The molecule has 4 aromatic heterocycles. The molecule has 6 heterocycles. The molecular formula is C51H69ClF3K2N11O15S2. The number of aliphatic hydroxyl groups is 2. The molecule has 85 heavy (non-hydrogen) atoms. The smallest absolute Gasteiger partial charge is 1.00 e. The molecule has 2 aromatic carbocycles. The average molecular weight is 1310 g/mol. The van der Waals surface area contributed by atoms with Crippen molar-refractivity contribution in [2.45, 2.75) is 116 Å². The van der Waals surface area contributed by atoms with E-state index in [4.69, 9.17) is 55.6 Å². The summed E-state index contributed by atoms with van der Waals surface area (Å²) >= 11 is 0. The first-order valence-corrected chi connectivity index (χ1v) is 29.7. The van der Waals surface area contributed by atoms with Crippen LogP contribution in [0, 0.1) is 37.0 Å². The Morgan fingerprint density at radius 3 is 1.53 bits per heavy atom. The van der Waals surface area contributed by atoms with Crippen LogP contribution in [0.5, 0.6) is 11.5 Å². The molecule has 6 N–H and O–H groups in total. The zero-order chi connectivity index (χ0) is 62.2. The molecule has 26 nitrogen and oxygen atoms in total. The molecule has 0 unspecified atom stereocenters. The van der Waals surface area contributed by atoms with E-state index in [9.17, 15) is 39.6 Å². The molecule has 2 saturated heterocycles. The number of alkyl halides is 3. The zero-order valence-electron chi connectivity index (χ0n) is 49.7. The van der Waals surface area contributed by atoms with Crippen LogP contribution in [0.3, 0.4) is 0 Å². The van der Waals surface area contributed by atoms with Gasteiger partial charge in [0.15, 0.2) is 22.7 Å². The van der Waals surface area contributed by atoms with Crippen molar-refractivity contribution in [1.29, 1.82) is 5.26 Å². The summed E-state index contributed by atoms with van der Waals surface area (Å²) in [6.07, 6.45) is 1.55. The van der Waals surface area contributed by atoms with E-state index in [-0.39, 0.29) is 156 Å². The van der Waals surface area contributed by atoms with Crippen LogP contribution in [-0.2, 0) is 46.4 Å². The van der Waals surface area contributed by atoms with Crippen LogP contribution in [0.4, 0.5) is 13.2 Å². The van der Waals surface area contributed by atoms with E-state index in [1.54, 1.807) is 37.4 Å². The number of imidazole rings is 2. The number of halogens is 4. The molecule has 6 aromatic rings. The summed E-state index contributed by atoms with van der Waals surface area (Å²) in [4.78, 5) is 60.1. The summed E-state index contributed by atoms with van der Waals surface area (Å²) in [6, 6.07) is 10.5. The fraction of sp³-hybridized carbons (Fsp3) is 0.510. The molecule has 2 aliphatic rings. The second-order valence-corrected chi connectivity index (χ2v) is 22.6. The van der Waals surface area contributed by atoms with Crippen molar-refractivity contribution in [3.8, 4) is 40.3 Å². The topological polar surface area (TPSA) is 379 Å². The number of carboxylic acids is 1. The Balaban J connectivity index is 0.00000123. The molecule has 0 spiro atoms. The van der Waals surface area contributed by atoms with Crippen LogP contribution in [0.1, 0.15) is 97.6 Å². The van der Waals surface area contributed by atoms with E-state index in [1.165, 1.54) is 65.6 Å². The first kappa shape index (κ1) is 79.2. The Labute approximate surface area is 580 Å². The third-order valence-electron chi connectivity index (χ3n) is 12.0. The number of nitrogens with one attached hydrogen (secondary N) is 3. The van der Waals surface area contributed by atoms with Gasteiger partial charge in [-0.1, -0.05) is 13.8 Å². The number of rotatable bonds is 20. The summed E-state index contributed by atoms with van der Waals surface area (Å²) in [5, 5.41) is 52.6. The number of benzene rings is 2. The summed E-state index contributed by atoms with van der Waals surface area (Å²) < 4.78 is 97.5. The predicted octanol–water partition coefficient (Wildman–Crippen LogP) is -1.49. The molecule has 0 amide bonds. The minimum absolute atomic E-state index is 0. The van der Waals surface area contributed by atoms with Gasteiger partial charge in [0.1, 0.15) is 23.1 Å². The number of aliphatic hydroxyl groups excluding tert-OH is 2. The molecule has 0 atom stereocenters. The Kier molecular flexibility index (Phi) is 36.0. The van der Waals surface area contributed by atoms with E-state index in [0.717, 1.165) is 31.6 Å². The van der Waals surface area contributed by atoms with Crippen LogP contribution in [0.2, 0.25) is 0 Å². The number of H-pyrrole nitrogens is 2. The average Bonchev–Trinajstić information content (AvgIpc) is 1.76. The molecule has 0 radical (unpaired) electrons. The third-order valence-corrected chi connectivity index (χ3v) is 15.2. The molecule has 0 aliphatic carbocycles.